The molecule has 0 fully saturated rings. The van der Waals surface area contributed by atoms with Crippen molar-refractivity contribution < 1.29 is 13.5 Å². The van der Waals surface area contributed by atoms with Gasteiger partial charge in [0.2, 0.25) is 10.0 Å². The van der Waals surface area contributed by atoms with Crippen molar-refractivity contribution in [1.29, 1.82) is 0 Å². The molecule has 108 valence electrons. The van der Waals surface area contributed by atoms with Crippen LogP contribution in [0.1, 0.15) is 13.3 Å². The van der Waals surface area contributed by atoms with Gasteiger partial charge >= 0.3 is 0 Å². The van der Waals surface area contributed by atoms with Crippen molar-refractivity contribution in [3.05, 3.63) is 35.5 Å². The molecule has 7 heteroatoms. The predicted molar refractivity (Wildman–Crippen MR) is 78.2 cm³/mol. The van der Waals surface area contributed by atoms with E-state index in [1.54, 1.807) is 25.3 Å². The van der Waals surface area contributed by atoms with Crippen molar-refractivity contribution in [3.8, 4) is 0 Å². The minimum Gasteiger partial charge on any atom is -0.393 e. The first-order chi connectivity index (χ1) is 9.42. The Morgan fingerprint density at radius 3 is 2.85 bits per heavy atom. The van der Waals surface area contributed by atoms with Crippen molar-refractivity contribution in [2.75, 3.05) is 6.54 Å². The van der Waals surface area contributed by atoms with Gasteiger partial charge in [-0.1, -0.05) is 11.6 Å². The molecule has 2 aromatic rings. The van der Waals surface area contributed by atoms with Gasteiger partial charge in [0.1, 0.15) is 0 Å². The van der Waals surface area contributed by atoms with Gasteiger partial charge in [0, 0.05) is 18.1 Å². The smallest absolute Gasteiger partial charge is 0.241 e. The summed E-state index contributed by atoms with van der Waals surface area (Å²) < 4.78 is 27.0. The summed E-state index contributed by atoms with van der Waals surface area (Å²) in [5, 5.41) is 10.0. The van der Waals surface area contributed by atoms with Crippen LogP contribution in [0.3, 0.4) is 0 Å². The maximum Gasteiger partial charge on any atom is 0.241 e. The molecular formula is C13H15ClN2O3S. The van der Waals surface area contributed by atoms with E-state index in [0.29, 0.717) is 22.3 Å². The molecule has 1 aromatic heterocycles. The van der Waals surface area contributed by atoms with Crippen LogP contribution in [0.4, 0.5) is 0 Å². The van der Waals surface area contributed by atoms with Gasteiger partial charge in [-0.25, -0.2) is 13.1 Å². The van der Waals surface area contributed by atoms with Crippen LogP contribution < -0.4 is 4.72 Å². The minimum absolute atomic E-state index is 0.135. The molecule has 0 aliphatic carbocycles. The molecule has 1 heterocycles. The van der Waals surface area contributed by atoms with Crippen molar-refractivity contribution in [2.45, 2.75) is 24.3 Å². The number of aromatic nitrogens is 1. The van der Waals surface area contributed by atoms with Gasteiger partial charge in [0.15, 0.2) is 0 Å². The molecule has 1 unspecified atom stereocenters. The van der Waals surface area contributed by atoms with E-state index in [-0.39, 0.29) is 11.4 Å². The largest absolute Gasteiger partial charge is 0.393 e. The molecule has 0 saturated heterocycles. The van der Waals surface area contributed by atoms with Crippen LogP contribution >= 0.6 is 11.6 Å². The van der Waals surface area contributed by atoms with Crippen molar-refractivity contribution in [3.63, 3.8) is 0 Å². The Bertz CT molecular complexity index is 717. The number of pyridine rings is 1. The van der Waals surface area contributed by atoms with E-state index in [0.717, 1.165) is 0 Å². The second-order valence-corrected chi connectivity index (χ2v) is 6.62. The number of nitrogens with zero attached hydrogens (tertiary/aromatic N) is 1. The summed E-state index contributed by atoms with van der Waals surface area (Å²) in [6.45, 7) is 1.78. The third-order valence-electron chi connectivity index (χ3n) is 2.82. The third kappa shape index (κ3) is 3.27. The lowest BCUT2D eigenvalue weighted by Gasteiger charge is -2.10. The molecule has 1 aromatic carbocycles. The molecule has 0 aliphatic heterocycles. The fourth-order valence-corrected chi connectivity index (χ4v) is 3.28. The quantitative estimate of drug-likeness (QED) is 0.884. The van der Waals surface area contributed by atoms with E-state index in [2.05, 4.69) is 9.71 Å². The summed E-state index contributed by atoms with van der Waals surface area (Å²) in [5.74, 6) is 0. The Morgan fingerprint density at radius 1 is 1.40 bits per heavy atom. The molecule has 0 radical (unpaired) electrons. The number of sulfonamides is 1. The Kier molecular flexibility index (Phi) is 4.59. The lowest BCUT2D eigenvalue weighted by molar-refractivity contribution is 0.186. The van der Waals surface area contributed by atoms with E-state index in [9.17, 15) is 8.42 Å². The van der Waals surface area contributed by atoms with Gasteiger partial charge in [-0.05, 0) is 37.6 Å². The predicted octanol–water partition coefficient (Wildman–Crippen LogP) is 1.94. The second kappa shape index (κ2) is 6.05. The van der Waals surface area contributed by atoms with Gasteiger partial charge in [0.25, 0.3) is 0 Å². The summed E-state index contributed by atoms with van der Waals surface area (Å²) in [7, 11) is -3.66. The van der Waals surface area contributed by atoms with E-state index < -0.39 is 16.1 Å². The van der Waals surface area contributed by atoms with Crippen molar-refractivity contribution in [1.82, 2.24) is 9.71 Å². The number of rotatable bonds is 5. The average Bonchev–Trinajstić information content (AvgIpc) is 2.38. The highest BCUT2D eigenvalue weighted by Crippen LogP contribution is 2.27. The number of hydrogen-bond donors (Lipinski definition) is 2. The van der Waals surface area contributed by atoms with E-state index >= 15 is 0 Å². The molecule has 0 spiro atoms. The van der Waals surface area contributed by atoms with Gasteiger partial charge < -0.3 is 5.11 Å². The fraction of sp³-hybridized carbons (Fsp3) is 0.308. The Labute approximate surface area is 122 Å². The van der Waals surface area contributed by atoms with E-state index in [1.807, 2.05) is 0 Å². The average molecular weight is 315 g/mol. The molecule has 20 heavy (non-hydrogen) atoms. The van der Waals surface area contributed by atoms with Crippen LogP contribution in [0.25, 0.3) is 10.9 Å². The van der Waals surface area contributed by atoms with Crippen LogP contribution in [0.2, 0.25) is 5.02 Å². The normalized spacial score (nSPS) is 13.6. The SMILES string of the molecule is CC(O)CCNS(=O)(=O)c1ccc(Cl)c2ncccc12. The van der Waals surface area contributed by atoms with Crippen LogP contribution in [0, 0.1) is 0 Å². The van der Waals surface area contributed by atoms with Gasteiger partial charge in [-0.15, -0.1) is 0 Å². The standard InChI is InChI=1S/C13H15ClN2O3S/c1-9(17)6-8-16-20(18,19)12-5-4-11(14)13-10(12)3-2-7-15-13/h2-5,7,9,16-17H,6,8H2,1H3. The molecule has 0 amide bonds. The summed E-state index contributed by atoms with van der Waals surface area (Å²) >= 11 is 6.01. The van der Waals surface area contributed by atoms with Gasteiger partial charge in [-0.3, -0.25) is 4.98 Å². The summed E-state index contributed by atoms with van der Waals surface area (Å²) in [5.41, 5.74) is 0.451. The number of hydrogen-bond acceptors (Lipinski definition) is 4. The van der Waals surface area contributed by atoms with Gasteiger partial charge in [-0.2, -0.15) is 0 Å². The van der Waals surface area contributed by atoms with Crippen LogP contribution in [-0.2, 0) is 10.0 Å². The highest BCUT2D eigenvalue weighted by atomic mass is 35.5. The van der Waals surface area contributed by atoms with Crippen molar-refractivity contribution in [2.24, 2.45) is 0 Å². The van der Waals surface area contributed by atoms with Crippen LogP contribution in [0.5, 0.6) is 0 Å². The Morgan fingerprint density at radius 2 is 2.15 bits per heavy atom. The maximum atomic E-state index is 12.3. The summed E-state index contributed by atoms with van der Waals surface area (Å²) in [6, 6.07) is 6.29. The molecule has 2 N–H and O–H groups in total. The first kappa shape index (κ1) is 15.2. The molecular weight excluding hydrogens is 300 g/mol. The fourth-order valence-electron chi connectivity index (χ4n) is 1.83. The molecule has 0 aliphatic rings. The number of nitrogens with one attached hydrogen (secondary N) is 1. The topological polar surface area (TPSA) is 79.3 Å². The Hall–Kier alpha value is -1.21. The number of aliphatic hydroxyl groups excluding tert-OH is 1. The first-order valence-corrected chi connectivity index (χ1v) is 7.99. The number of halogens is 1. The van der Waals surface area contributed by atoms with Crippen LogP contribution in [0.15, 0.2) is 35.4 Å². The monoisotopic (exact) mass is 314 g/mol. The highest BCUT2D eigenvalue weighted by molar-refractivity contribution is 7.89. The van der Waals surface area contributed by atoms with E-state index in [1.165, 1.54) is 12.1 Å². The zero-order chi connectivity index (χ0) is 14.8. The highest BCUT2D eigenvalue weighted by Gasteiger charge is 2.18. The van der Waals surface area contributed by atoms with Gasteiger partial charge in [0.05, 0.1) is 21.5 Å². The van der Waals surface area contributed by atoms with Crippen molar-refractivity contribution >= 4 is 32.5 Å². The third-order valence-corrected chi connectivity index (χ3v) is 4.65. The number of aliphatic hydroxyl groups is 1. The minimum atomic E-state index is -3.66. The first-order valence-electron chi connectivity index (χ1n) is 6.13. The maximum absolute atomic E-state index is 12.3. The number of benzene rings is 1. The summed E-state index contributed by atoms with van der Waals surface area (Å²) in [4.78, 5) is 4.23. The molecule has 1 atom stereocenters. The number of fused-ring (bicyclic) bond motifs is 1. The van der Waals surface area contributed by atoms with Crippen LogP contribution in [-0.4, -0.2) is 31.2 Å². The zero-order valence-corrected chi connectivity index (χ0v) is 12.4. The molecule has 0 saturated carbocycles. The summed E-state index contributed by atoms with van der Waals surface area (Å²) in [6.07, 6.45) is 1.36. The lowest BCUT2D eigenvalue weighted by Crippen LogP contribution is -2.27. The zero-order valence-electron chi connectivity index (χ0n) is 10.9. The molecule has 2 rings (SSSR count). The second-order valence-electron chi connectivity index (χ2n) is 4.48. The molecule has 0 bridgehead atoms. The van der Waals surface area contributed by atoms with E-state index in [4.69, 9.17) is 16.7 Å². The lowest BCUT2D eigenvalue weighted by atomic mass is 10.2. The molecule has 5 nitrogen and oxygen atoms in total. The Balaban J connectivity index is 2.40.